The Bertz CT molecular complexity index is 1020. The van der Waals surface area contributed by atoms with E-state index in [0.717, 1.165) is 34.6 Å². The van der Waals surface area contributed by atoms with Gasteiger partial charge in [-0.15, -0.1) is 0 Å². The molecule has 150 valence electrons. The minimum Gasteiger partial charge on any atom is -0.326 e. The highest BCUT2D eigenvalue weighted by Crippen LogP contribution is 2.26. The van der Waals surface area contributed by atoms with E-state index in [1.807, 2.05) is 24.3 Å². The number of thioether (sulfide) groups is 1. The molecule has 3 aromatic rings. The van der Waals surface area contributed by atoms with Crippen molar-refractivity contribution in [2.45, 2.75) is 38.1 Å². The summed E-state index contributed by atoms with van der Waals surface area (Å²) in [6.07, 6.45) is 2.18. The molecule has 0 spiro atoms. The number of aryl methyl sites for hydroxylation is 1. The molecule has 0 aliphatic rings. The Morgan fingerprint density at radius 3 is 2.38 bits per heavy atom. The predicted molar refractivity (Wildman–Crippen MR) is 118 cm³/mol. The minimum absolute atomic E-state index is 0.0671. The zero-order valence-corrected chi connectivity index (χ0v) is 17.4. The molecular weight excluding hydrogens is 384 g/mol. The number of fused-ring (bicyclic) bond motifs is 1. The summed E-state index contributed by atoms with van der Waals surface area (Å²) in [6.45, 7) is 3.89. The average Bonchev–Trinajstić information content (AvgIpc) is 2.72. The van der Waals surface area contributed by atoms with E-state index in [4.69, 9.17) is 0 Å². The van der Waals surface area contributed by atoms with Crippen LogP contribution in [0.3, 0.4) is 0 Å². The maximum atomic E-state index is 12.5. The van der Waals surface area contributed by atoms with Crippen molar-refractivity contribution >= 4 is 45.9 Å². The van der Waals surface area contributed by atoms with Gasteiger partial charge in [-0.05, 0) is 30.7 Å². The molecule has 0 aliphatic carbocycles. The number of carbonyl (C=O) groups is 2. The largest absolute Gasteiger partial charge is 0.326 e. The number of amides is 2. The fourth-order valence-electron chi connectivity index (χ4n) is 2.79. The van der Waals surface area contributed by atoms with Gasteiger partial charge in [0.15, 0.2) is 0 Å². The van der Waals surface area contributed by atoms with E-state index in [2.05, 4.69) is 27.5 Å². The number of hydrogen-bond acceptors (Lipinski definition) is 5. The summed E-state index contributed by atoms with van der Waals surface area (Å²) in [5.41, 5.74) is 2.20. The van der Waals surface area contributed by atoms with E-state index < -0.39 is 0 Å². The number of benzene rings is 2. The quantitative estimate of drug-likeness (QED) is 0.418. The van der Waals surface area contributed by atoms with Crippen LogP contribution in [0.4, 0.5) is 11.4 Å². The highest BCUT2D eigenvalue weighted by Gasteiger charge is 2.11. The van der Waals surface area contributed by atoms with E-state index >= 15 is 0 Å². The second-order valence-corrected chi connectivity index (χ2v) is 7.50. The normalized spacial score (nSPS) is 10.7. The molecule has 2 amide bonds. The van der Waals surface area contributed by atoms with Crippen LogP contribution in [0.5, 0.6) is 0 Å². The lowest BCUT2D eigenvalue weighted by atomic mass is 10.2. The molecule has 3 rings (SSSR count). The molecule has 1 heterocycles. The molecular formula is C22H24N4O2S. The van der Waals surface area contributed by atoms with Crippen LogP contribution in [-0.4, -0.2) is 27.5 Å². The lowest BCUT2D eigenvalue weighted by Crippen LogP contribution is -2.15. The maximum absolute atomic E-state index is 12.5. The number of nitrogens with zero attached hydrogens (tertiary/aromatic N) is 2. The van der Waals surface area contributed by atoms with E-state index in [1.54, 1.807) is 31.2 Å². The summed E-state index contributed by atoms with van der Waals surface area (Å²) in [5, 5.41) is 7.44. The van der Waals surface area contributed by atoms with Crippen molar-refractivity contribution in [3.63, 3.8) is 0 Å². The molecule has 0 atom stereocenters. The minimum atomic E-state index is -0.131. The van der Waals surface area contributed by atoms with Gasteiger partial charge in [0.2, 0.25) is 11.8 Å². The highest BCUT2D eigenvalue weighted by molar-refractivity contribution is 8.00. The van der Waals surface area contributed by atoms with Crippen molar-refractivity contribution < 1.29 is 9.59 Å². The first-order valence-corrected chi connectivity index (χ1v) is 10.7. The molecule has 29 heavy (non-hydrogen) atoms. The van der Waals surface area contributed by atoms with Crippen molar-refractivity contribution in [2.75, 3.05) is 16.4 Å². The Hall–Kier alpha value is -2.93. The Morgan fingerprint density at radius 2 is 1.66 bits per heavy atom. The predicted octanol–water partition coefficient (Wildman–Crippen LogP) is 4.66. The fraction of sp³-hybridized carbons (Fsp3) is 0.273. The molecule has 2 aromatic carbocycles. The number of anilines is 2. The maximum Gasteiger partial charge on any atom is 0.234 e. The molecule has 2 N–H and O–H groups in total. The number of rotatable bonds is 8. The average molecular weight is 409 g/mol. The van der Waals surface area contributed by atoms with Crippen LogP contribution in [0.1, 0.15) is 32.5 Å². The molecule has 7 heteroatoms. The van der Waals surface area contributed by atoms with Crippen LogP contribution in [-0.2, 0) is 16.0 Å². The Labute approximate surface area is 174 Å². The second kappa shape index (κ2) is 10.0. The second-order valence-electron chi connectivity index (χ2n) is 6.53. The van der Waals surface area contributed by atoms with Gasteiger partial charge < -0.3 is 10.6 Å². The van der Waals surface area contributed by atoms with Crippen molar-refractivity contribution in [3.8, 4) is 0 Å². The third kappa shape index (κ3) is 5.77. The van der Waals surface area contributed by atoms with Crippen molar-refractivity contribution in [1.82, 2.24) is 9.97 Å². The number of aromatic nitrogens is 2. The van der Waals surface area contributed by atoms with Crippen LogP contribution >= 0.6 is 11.8 Å². The lowest BCUT2D eigenvalue weighted by molar-refractivity contribution is -0.116. The van der Waals surface area contributed by atoms with Gasteiger partial charge in [-0.3, -0.25) is 9.59 Å². The lowest BCUT2D eigenvalue weighted by Gasteiger charge is -2.10. The van der Waals surface area contributed by atoms with Gasteiger partial charge in [-0.2, -0.15) is 0 Å². The van der Waals surface area contributed by atoms with Gasteiger partial charge in [-0.1, -0.05) is 49.9 Å². The van der Waals surface area contributed by atoms with Crippen molar-refractivity contribution in [2.24, 2.45) is 0 Å². The monoisotopic (exact) mass is 408 g/mol. The molecule has 0 aliphatic heterocycles. The number of hydrogen-bond donors (Lipinski definition) is 2. The summed E-state index contributed by atoms with van der Waals surface area (Å²) in [5.74, 6) is 0.836. The summed E-state index contributed by atoms with van der Waals surface area (Å²) in [6, 6.07) is 15.0. The molecule has 0 bridgehead atoms. The van der Waals surface area contributed by atoms with Gasteiger partial charge >= 0.3 is 0 Å². The number of nitrogens with one attached hydrogen (secondary N) is 2. The number of carbonyl (C=O) groups excluding carboxylic acids is 2. The molecule has 0 saturated heterocycles. The Balaban J connectivity index is 1.68. The van der Waals surface area contributed by atoms with E-state index in [9.17, 15) is 9.59 Å². The van der Waals surface area contributed by atoms with Crippen LogP contribution in [0.2, 0.25) is 0 Å². The fourth-order valence-corrected chi connectivity index (χ4v) is 3.63. The zero-order chi connectivity index (χ0) is 20.6. The van der Waals surface area contributed by atoms with Crippen LogP contribution in [0.15, 0.2) is 53.6 Å². The third-order valence-electron chi connectivity index (χ3n) is 4.18. The third-order valence-corrected chi connectivity index (χ3v) is 5.17. The Kier molecular flexibility index (Phi) is 7.19. The summed E-state index contributed by atoms with van der Waals surface area (Å²) in [7, 11) is 0. The molecule has 0 unspecified atom stereocenters. The first kappa shape index (κ1) is 20.8. The topological polar surface area (TPSA) is 84.0 Å². The summed E-state index contributed by atoms with van der Waals surface area (Å²) in [4.78, 5) is 33.3. The highest BCUT2D eigenvalue weighted by atomic mass is 32.2. The van der Waals surface area contributed by atoms with Gasteiger partial charge in [0, 0.05) is 29.6 Å². The summed E-state index contributed by atoms with van der Waals surface area (Å²) >= 11 is 1.40. The molecule has 0 radical (unpaired) electrons. The first-order chi connectivity index (χ1) is 14.1. The van der Waals surface area contributed by atoms with Gasteiger partial charge in [0.05, 0.1) is 11.3 Å². The van der Waals surface area contributed by atoms with Crippen molar-refractivity contribution in [1.29, 1.82) is 0 Å². The molecule has 1 aromatic heterocycles. The number of para-hydroxylation sites is 1. The van der Waals surface area contributed by atoms with Crippen LogP contribution < -0.4 is 10.6 Å². The smallest absolute Gasteiger partial charge is 0.234 e. The standard InChI is InChI=1S/C22H24N4O2S/c1-3-8-19-25-18-12-6-5-11-17(18)22(26-19)29-14-21(28)24-16-10-7-9-15(13-16)23-20(27)4-2/h5-7,9-13H,3-4,8,14H2,1-2H3,(H,23,27)(H,24,28). The first-order valence-electron chi connectivity index (χ1n) is 9.67. The molecule has 0 fully saturated rings. The molecule has 0 saturated carbocycles. The van der Waals surface area contributed by atoms with E-state index in [0.29, 0.717) is 17.8 Å². The van der Waals surface area contributed by atoms with Crippen LogP contribution in [0, 0.1) is 0 Å². The van der Waals surface area contributed by atoms with E-state index in [1.165, 1.54) is 11.8 Å². The van der Waals surface area contributed by atoms with E-state index in [-0.39, 0.29) is 17.6 Å². The van der Waals surface area contributed by atoms with Gasteiger partial charge in [0.1, 0.15) is 10.9 Å². The SMILES string of the molecule is CCCc1nc(SCC(=O)Nc2cccc(NC(=O)CC)c2)c2ccccc2n1. The molecule has 6 nitrogen and oxygen atoms in total. The van der Waals surface area contributed by atoms with Gasteiger partial charge in [-0.25, -0.2) is 9.97 Å². The van der Waals surface area contributed by atoms with Crippen molar-refractivity contribution in [3.05, 3.63) is 54.4 Å². The van der Waals surface area contributed by atoms with Crippen LogP contribution in [0.25, 0.3) is 10.9 Å². The summed E-state index contributed by atoms with van der Waals surface area (Å²) < 4.78 is 0. The zero-order valence-electron chi connectivity index (χ0n) is 16.6. The Morgan fingerprint density at radius 1 is 0.931 bits per heavy atom. The van der Waals surface area contributed by atoms with Gasteiger partial charge in [0.25, 0.3) is 0 Å².